The normalized spacial score (nSPS) is 28.8. The number of piperidine rings is 2. The van der Waals surface area contributed by atoms with Crippen LogP contribution in [0.25, 0.3) is 11.0 Å². The third-order valence-electron chi connectivity index (χ3n) is 10.5. The van der Waals surface area contributed by atoms with Gasteiger partial charge in [-0.25, -0.2) is 4.98 Å². The first-order valence-corrected chi connectivity index (χ1v) is 15.2. The first kappa shape index (κ1) is 25.3. The van der Waals surface area contributed by atoms with Crippen LogP contribution in [0.5, 0.6) is 0 Å². The number of benzene rings is 2. The quantitative estimate of drug-likeness (QED) is 0.426. The summed E-state index contributed by atoms with van der Waals surface area (Å²) in [5, 5.41) is 0. The van der Waals surface area contributed by atoms with Gasteiger partial charge in [-0.3, -0.25) is 9.69 Å². The van der Waals surface area contributed by atoms with Gasteiger partial charge in [-0.1, -0.05) is 42.5 Å². The smallest absolute Gasteiger partial charge is 0.228 e. The predicted molar refractivity (Wildman–Crippen MR) is 154 cm³/mol. The lowest BCUT2D eigenvalue weighted by molar-refractivity contribution is -0.137. The molecule has 4 fully saturated rings. The minimum atomic E-state index is 0.0717. The highest BCUT2D eigenvalue weighted by molar-refractivity contribution is 5.79. The minimum Gasteiger partial charge on any atom is -0.381 e. The number of aromatic nitrogens is 2. The second-order valence-electron chi connectivity index (χ2n) is 12.5. The number of para-hydroxylation sites is 2. The van der Waals surface area contributed by atoms with Gasteiger partial charge in [0.15, 0.2) is 0 Å². The van der Waals surface area contributed by atoms with E-state index in [-0.39, 0.29) is 11.3 Å². The molecular weight excluding hydrogens is 484 g/mol. The van der Waals surface area contributed by atoms with Crippen LogP contribution in [0.15, 0.2) is 54.6 Å². The summed E-state index contributed by atoms with van der Waals surface area (Å²) in [5.41, 5.74) is 4.03. The van der Waals surface area contributed by atoms with Crippen molar-refractivity contribution in [1.82, 2.24) is 19.4 Å². The van der Waals surface area contributed by atoms with Crippen LogP contribution in [0.3, 0.4) is 0 Å². The number of rotatable bonds is 6. The molecule has 5 heterocycles. The first-order chi connectivity index (χ1) is 19.1. The van der Waals surface area contributed by atoms with Crippen molar-refractivity contribution in [3.8, 4) is 0 Å². The van der Waals surface area contributed by atoms with Crippen molar-refractivity contribution in [3.05, 3.63) is 66.0 Å². The molecule has 206 valence electrons. The zero-order valence-electron chi connectivity index (χ0n) is 23.3. The van der Waals surface area contributed by atoms with Crippen molar-refractivity contribution in [2.45, 2.75) is 81.8 Å². The number of nitrogens with zero attached hydrogens (tertiary/aromatic N) is 4. The molecule has 4 saturated heterocycles. The SMILES string of the molecule is Cc1nc2ccccc2n1[C@H]1C[C@H]2CC[C@@H](C1)N2CCC1(c2ccccc2)CCN(C(=O)C2CCOC2)CC1. The lowest BCUT2D eigenvalue weighted by atomic mass is 9.70. The fourth-order valence-electron chi connectivity index (χ4n) is 8.41. The van der Waals surface area contributed by atoms with Crippen LogP contribution in [-0.4, -0.2) is 70.2 Å². The Morgan fingerprint density at radius 1 is 0.949 bits per heavy atom. The number of likely N-dealkylation sites (tertiary alicyclic amines) is 1. The Morgan fingerprint density at radius 2 is 1.67 bits per heavy atom. The molecule has 6 nitrogen and oxygen atoms in total. The van der Waals surface area contributed by atoms with E-state index in [2.05, 4.69) is 75.9 Å². The predicted octanol–water partition coefficient (Wildman–Crippen LogP) is 5.50. The summed E-state index contributed by atoms with van der Waals surface area (Å²) in [6.45, 7) is 6.40. The van der Waals surface area contributed by atoms with Gasteiger partial charge in [-0.15, -0.1) is 0 Å². The number of amides is 1. The van der Waals surface area contributed by atoms with Crippen LogP contribution in [0.2, 0.25) is 0 Å². The second kappa shape index (κ2) is 10.4. The van der Waals surface area contributed by atoms with E-state index < -0.39 is 0 Å². The number of carbonyl (C=O) groups excluding carboxylic acids is 1. The molecule has 2 aromatic carbocycles. The van der Waals surface area contributed by atoms with Crippen molar-refractivity contribution >= 4 is 16.9 Å². The molecule has 1 aromatic heterocycles. The maximum atomic E-state index is 13.1. The van der Waals surface area contributed by atoms with Gasteiger partial charge in [0, 0.05) is 37.8 Å². The molecule has 1 amide bonds. The third-order valence-corrected chi connectivity index (χ3v) is 10.5. The van der Waals surface area contributed by atoms with Crippen LogP contribution >= 0.6 is 0 Å². The van der Waals surface area contributed by atoms with Crippen LogP contribution in [0.4, 0.5) is 0 Å². The number of carbonyl (C=O) groups is 1. The lowest BCUT2D eigenvalue weighted by Gasteiger charge is -2.46. The summed E-state index contributed by atoms with van der Waals surface area (Å²) >= 11 is 0. The van der Waals surface area contributed by atoms with Gasteiger partial charge in [0.1, 0.15) is 5.82 Å². The largest absolute Gasteiger partial charge is 0.381 e. The van der Waals surface area contributed by atoms with Gasteiger partial charge >= 0.3 is 0 Å². The van der Waals surface area contributed by atoms with Crippen molar-refractivity contribution in [3.63, 3.8) is 0 Å². The number of imidazole rings is 1. The topological polar surface area (TPSA) is 50.6 Å². The van der Waals surface area contributed by atoms with E-state index in [4.69, 9.17) is 9.72 Å². The average molecular weight is 527 g/mol. The van der Waals surface area contributed by atoms with Crippen LogP contribution in [0.1, 0.15) is 68.8 Å². The third kappa shape index (κ3) is 4.59. The van der Waals surface area contributed by atoms with Crippen molar-refractivity contribution in [2.75, 3.05) is 32.8 Å². The van der Waals surface area contributed by atoms with Gasteiger partial charge in [-0.2, -0.15) is 0 Å². The molecular formula is C33H42N4O2. The highest BCUT2D eigenvalue weighted by Crippen LogP contribution is 2.45. The fourth-order valence-corrected chi connectivity index (χ4v) is 8.41. The van der Waals surface area contributed by atoms with E-state index >= 15 is 0 Å². The molecule has 1 unspecified atom stereocenters. The Balaban J connectivity index is 1.06. The highest BCUT2D eigenvalue weighted by atomic mass is 16.5. The van der Waals surface area contributed by atoms with Crippen LogP contribution in [-0.2, 0) is 14.9 Å². The van der Waals surface area contributed by atoms with Crippen LogP contribution < -0.4 is 0 Å². The lowest BCUT2D eigenvalue weighted by Crippen LogP contribution is -2.50. The summed E-state index contributed by atoms with van der Waals surface area (Å²) in [7, 11) is 0. The summed E-state index contributed by atoms with van der Waals surface area (Å²) in [6, 6.07) is 21.7. The van der Waals surface area contributed by atoms with E-state index in [1.54, 1.807) is 0 Å². The number of fused-ring (bicyclic) bond motifs is 3. The number of ether oxygens (including phenoxy) is 1. The molecule has 4 aliphatic heterocycles. The summed E-state index contributed by atoms with van der Waals surface area (Å²) in [4.78, 5) is 23.0. The molecule has 6 heteroatoms. The maximum absolute atomic E-state index is 13.1. The fraction of sp³-hybridized carbons (Fsp3) is 0.576. The van der Waals surface area contributed by atoms with Gasteiger partial charge in [-0.05, 0) is 87.9 Å². The molecule has 0 aliphatic carbocycles. The second-order valence-corrected chi connectivity index (χ2v) is 12.5. The number of hydrogen-bond acceptors (Lipinski definition) is 4. The molecule has 4 atom stereocenters. The van der Waals surface area contributed by atoms with E-state index in [1.165, 1.54) is 43.2 Å². The first-order valence-electron chi connectivity index (χ1n) is 15.2. The van der Waals surface area contributed by atoms with Crippen LogP contribution in [0, 0.1) is 12.8 Å². The van der Waals surface area contributed by atoms with E-state index in [0.29, 0.717) is 30.6 Å². The van der Waals surface area contributed by atoms with Gasteiger partial charge in [0.05, 0.1) is 23.6 Å². The molecule has 39 heavy (non-hydrogen) atoms. The van der Waals surface area contributed by atoms with Crippen molar-refractivity contribution in [1.29, 1.82) is 0 Å². The van der Waals surface area contributed by atoms with Gasteiger partial charge < -0.3 is 14.2 Å². The molecule has 0 spiro atoms. The molecule has 0 N–H and O–H groups in total. The Morgan fingerprint density at radius 3 is 2.38 bits per heavy atom. The highest BCUT2D eigenvalue weighted by Gasteiger charge is 2.44. The van der Waals surface area contributed by atoms with Crippen molar-refractivity contribution < 1.29 is 9.53 Å². The molecule has 0 radical (unpaired) electrons. The Hall–Kier alpha value is -2.70. The standard InChI is InChI=1S/C33H42N4O2/c1-24-34-30-9-5-6-10-31(30)37(24)29-21-27-11-12-28(22-29)36(27)19-16-33(26-7-3-2-4-8-26)14-17-35(18-15-33)32(38)25-13-20-39-23-25/h2-10,25,27-29H,11-23H2,1H3/t25?,27-,28+,29+. The number of aryl methyl sites for hydroxylation is 1. The zero-order chi connectivity index (χ0) is 26.4. The number of hydrogen-bond donors (Lipinski definition) is 0. The Kier molecular flexibility index (Phi) is 6.72. The molecule has 2 bridgehead atoms. The van der Waals surface area contributed by atoms with Gasteiger partial charge in [0.25, 0.3) is 0 Å². The molecule has 4 aliphatic rings. The summed E-state index contributed by atoms with van der Waals surface area (Å²) in [5.74, 6) is 1.54. The minimum absolute atomic E-state index is 0.0717. The molecule has 3 aromatic rings. The van der Waals surface area contributed by atoms with E-state index in [9.17, 15) is 4.79 Å². The monoisotopic (exact) mass is 526 g/mol. The summed E-state index contributed by atoms with van der Waals surface area (Å²) in [6.07, 6.45) is 9.25. The average Bonchev–Trinajstić information content (AvgIpc) is 3.68. The zero-order valence-corrected chi connectivity index (χ0v) is 23.3. The maximum Gasteiger partial charge on any atom is 0.228 e. The molecule has 0 saturated carbocycles. The van der Waals surface area contributed by atoms with E-state index in [0.717, 1.165) is 56.8 Å². The van der Waals surface area contributed by atoms with E-state index in [1.807, 2.05) is 0 Å². The van der Waals surface area contributed by atoms with Gasteiger partial charge in [0.2, 0.25) is 5.91 Å². The Bertz CT molecular complexity index is 1290. The summed E-state index contributed by atoms with van der Waals surface area (Å²) < 4.78 is 8.05. The molecule has 7 rings (SSSR count). The van der Waals surface area contributed by atoms with Crippen molar-refractivity contribution in [2.24, 2.45) is 5.92 Å². The Labute approximate surface area is 232 Å².